The zero-order valence-electron chi connectivity index (χ0n) is 15.8. The van der Waals surface area contributed by atoms with Gasteiger partial charge in [0.25, 0.3) is 0 Å². The average molecular weight is 395 g/mol. The maximum atomic E-state index is 12.8. The van der Waals surface area contributed by atoms with E-state index in [0.29, 0.717) is 10.6 Å². The number of fused-ring (bicyclic) bond motifs is 6. The minimum atomic E-state index is -0.537. The Balaban J connectivity index is 1.56. The summed E-state index contributed by atoms with van der Waals surface area (Å²) in [5.41, 5.74) is 4.02. The van der Waals surface area contributed by atoms with E-state index in [2.05, 4.69) is 17.3 Å². The number of hydrogen-bond acceptors (Lipinski definition) is 4. The third kappa shape index (κ3) is 2.61. The minimum Gasteiger partial charge on any atom is -0.444 e. The molecule has 0 saturated carbocycles. The third-order valence-corrected chi connectivity index (χ3v) is 5.36. The first-order valence-electron chi connectivity index (χ1n) is 9.21. The molecule has 2 aromatic carbocycles. The molecule has 5 nitrogen and oxygen atoms in total. The van der Waals surface area contributed by atoms with Crippen LogP contribution in [0.25, 0.3) is 22.2 Å². The highest BCUT2D eigenvalue weighted by Gasteiger charge is 2.45. The Kier molecular flexibility index (Phi) is 3.62. The lowest BCUT2D eigenvalue weighted by atomic mass is 9.94. The Morgan fingerprint density at radius 3 is 2.39 bits per heavy atom. The summed E-state index contributed by atoms with van der Waals surface area (Å²) in [4.78, 5) is 14.5. The van der Waals surface area contributed by atoms with Gasteiger partial charge in [0.2, 0.25) is 0 Å². The summed E-state index contributed by atoms with van der Waals surface area (Å²) in [6.45, 7) is 5.63. The molecule has 0 aliphatic carbocycles. The maximum absolute atomic E-state index is 12.8. The minimum absolute atomic E-state index is 0.132. The molecule has 2 atom stereocenters. The van der Waals surface area contributed by atoms with Crippen LogP contribution in [-0.2, 0) is 4.74 Å². The van der Waals surface area contributed by atoms with Crippen LogP contribution < -0.4 is 0 Å². The van der Waals surface area contributed by atoms with E-state index < -0.39 is 5.60 Å². The Morgan fingerprint density at radius 1 is 1.11 bits per heavy atom. The smallest absolute Gasteiger partial charge is 0.411 e. The van der Waals surface area contributed by atoms with Crippen molar-refractivity contribution in [3.63, 3.8) is 0 Å². The normalized spacial score (nSPS) is 20.1. The zero-order chi connectivity index (χ0) is 19.6. The van der Waals surface area contributed by atoms with Crippen LogP contribution in [-0.4, -0.2) is 21.8 Å². The second-order valence-electron chi connectivity index (χ2n) is 8.18. The van der Waals surface area contributed by atoms with E-state index in [4.69, 9.17) is 20.9 Å². The predicted molar refractivity (Wildman–Crippen MR) is 107 cm³/mol. The van der Waals surface area contributed by atoms with Gasteiger partial charge in [-0.25, -0.2) is 4.79 Å². The van der Waals surface area contributed by atoms with Gasteiger partial charge >= 0.3 is 6.09 Å². The quantitative estimate of drug-likeness (QED) is 0.471. The third-order valence-electron chi connectivity index (χ3n) is 5.11. The van der Waals surface area contributed by atoms with E-state index in [1.807, 2.05) is 57.2 Å². The second kappa shape index (κ2) is 5.85. The van der Waals surface area contributed by atoms with E-state index in [0.717, 1.165) is 27.8 Å². The van der Waals surface area contributed by atoms with Crippen molar-refractivity contribution in [2.24, 2.45) is 0 Å². The van der Waals surface area contributed by atoms with Gasteiger partial charge in [-0.3, -0.25) is 4.90 Å². The summed E-state index contributed by atoms with van der Waals surface area (Å²) in [6, 6.07) is 11.3. The van der Waals surface area contributed by atoms with Crippen molar-refractivity contribution in [2.75, 3.05) is 0 Å². The summed E-state index contributed by atoms with van der Waals surface area (Å²) < 4.78 is 11.2. The molecule has 0 radical (unpaired) electrons. The molecule has 1 aromatic heterocycles. The highest BCUT2D eigenvalue weighted by molar-refractivity contribution is 6.30. The van der Waals surface area contributed by atoms with Gasteiger partial charge in [-0.2, -0.15) is 0 Å². The second-order valence-corrected chi connectivity index (χ2v) is 8.61. The summed E-state index contributed by atoms with van der Waals surface area (Å²) in [5, 5.41) is 5.86. The van der Waals surface area contributed by atoms with E-state index >= 15 is 0 Å². The number of benzene rings is 2. The van der Waals surface area contributed by atoms with Crippen molar-refractivity contribution < 1.29 is 14.1 Å². The summed E-state index contributed by atoms with van der Waals surface area (Å²) in [5.74, 6) is 0. The van der Waals surface area contributed by atoms with Gasteiger partial charge in [0, 0.05) is 10.6 Å². The fourth-order valence-corrected chi connectivity index (χ4v) is 4.09. The lowest BCUT2D eigenvalue weighted by Gasteiger charge is -2.27. The van der Waals surface area contributed by atoms with Crippen molar-refractivity contribution in [3.8, 4) is 11.3 Å². The summed E-state index contributed by atoms with van der Waals surface area (Å²) in [6.07, 6.45) is 3.79. The van der Waals surface area contributed by atoms with Crippen molar-refractivity contribution in [3.05, 3.63) is 64.7 Å². The molecule has 3 aromatic rings. The van der Waals surface area contributed by atoms with Crippen LogP contribution in [0.5, 0.6) is 0 Å². The number of rotatable bonds is 1. The molecule has 0 unspecified atom stereocenters. The Hall–Kier alpha value is -2.79. The lowest BCUT2D eigenvalue weighted by Crippen LogP contribution is -2.35. The van der Waals surface area contributed by atoms with E-state index in [-0.39, 0.29) is 18.2 Å². The molecule has 0 spiro atoms. The van der Waals surface area contributed by atoms with Crippen molar-refractivity contribution in [1.82, 2.24) is 10.1 Å². The topological polar surface area (TPSA) is 55.6 Å². The average Bonchev–Trinajstić information content (AvgIpc) is 3.30. The first kappa shape index (κ1) is 17.3. The van der Waals surface area contributed by atoms with E-state index in [1.165, 1.54) is 0 Å². The number of ether oxygens (including phenoxy) is 1. The van der Waals surface area contributed by atoms with Crippen LogP contribution in [0.1, 0.15) is 44.0 Å². The van der Waals surface area contributed by atoms with Crippen LogP contribution in [0.2, 0.25) is 5.02 Å². The molecule has 0 fully saturated rings. The standard InChI is InChI=1S/C22H19ClN2O3/c1-22(2,3)27-21(26)25-17-8-9-18(25)15-11-19-16(10-14(15)17)20(24-28-19)12-4-6-13(23)7-5-12/h4-11,17-18H,1-3H3/t17-,18+/m0/s1. The molecule has 3 heterocycles. The van der Waals surface area contributed by atoms with Gasteiger partial charge in [0.05, 0.1) is 17.5 Å². The molecule has 28 heavy (non-hydrogen) atoms. The molecule has 0 N–H and O–H groups in total. The first-order valence-corrected chi connectivity index (χ1v) is 9.58. The number of aromatic nitrogens is 1. The van der Waals surface area contributed by atoms with Crippen LogP contribution in [0.4, 0.5) is 4.79 Å². The Bertz CT molecular complexity index is 1130. The molecule has 2 aliphatic heterocycles. The van der Waals surface area contributed by atoms with Crippen molar-refractivity contribution in [1.29, 1.82) is 0 Å². The molecule has 2 aliphatic rings. The highest BCUT2D eigenvalue weighted by Crippen LogP contribution is 2.50. The SMILES string of the molecule is CC(C)(C)OC(=O)N1[C@@H]2C=C[C@H]1c1cc3c(-c4ccc(Cl)cc4)noc3cc12. The zero-order valence-corrected chi connectivity index (χ0v) is 16.5. The molecule has 6 heteroatoms. The molecule has 0 saturated heterocycles. The largest absolute Gasteiger partial charge is 0.444 e. The van der Waals surface area contributed by atoms with Crippen LogP contribution in [0, 0.1) is 0 Å². The monoisotopic (exact) mass is 394 g/mol. The molecule has 142 valence electrons. The molecule has 1 amide bonds. The number of halogens is 1. The number of hydrogen-bond donors (Lipinski definition) is 0. The predicted octanol–water partition coefficient (Wildman–Crippen LogP) is 6.05. The van der Waals surface area contributed by atoms with Gasteiger partial charge < -0.3 is 9.26 Å². The Morgan fingerprint density at radius 2 is 1.75 bits per heavy atom. The molecule has 2 bridgehead atoms. The van der Waals surface area contributed by atoms with Crippen LogP contribution >= 0.6 is 11.6 Å². The molecule has 5 rings (SSSR count). The van der Waals surface area contributed by atoms with Crippen LogP contribution in [0.15, 0.2) is 53.1 Å². The van der Waals surface area contributed by atoms with E-state index in [9.17, 15) is 4.79 Å². The number of carbonyl (C=O) groups excluding carboxylic acids is 1. The maximum Gasteiger partial charge on any atom is 0.411 e. The van der Waals surface area contributed by atoms with Gasteiger partial charge in [-0.1, -0.05) is 41.0 Å². The van der Waals surface area contributed by atoms with Gasteiger partial charge in [-0.15, -0.1) is 0 Å². The fourth-order valence-electron chi connectivity index (χ4n) is 3.96. The highest BCUT2D eigenvalue weighted by atomic mass is 35.5. The number of nitrogens with zero attached hydrogens (tertiary/aromatic N) is 2. The fraction of sp³-hybridized carbons (Fsp3) is 0.273. The molecular weight excluding hydrogens is 376 g/mol. The van der Waals surface area contributed by atoms with Crippen molar-refractivity contribution in [2.45, 2.75) is 38.5 Å². The number of amides is 1. The summed E-state index contributed by atoms with van der Waals surface area (Å²) >= 11 is 6.00. The first-order chi connectivity index (χ1) is 13.3. The van der Waals surface area contributed by atoms with E-state index in [1.54, 1.807) is 4.90 Å². The number of carbonyl (C=O) groups is 1. The molecular formula is C22H19ClN2O3. The van der Waals surface area contributed by atoms with Gasteiger partial charge in [0.15, 0.2) is 5.58 Å². The lowest BCUT2D eigenvalue weighted by molar-refractivity contribution is 0.0196. The van der Waals surface area contributed by atoms with Crippen molar-refractivity contribution >= 4 is 28.7 Å². The summed E-state index contributed by atoms with van der Waals surface area (Å²) in [7, 11) is 0. The Labute approximate surface area is 167 Å². The van der Waals surface area contributed by atoms with Crippen LogP contribution in [0.3, 0.4) is 0 Å². The van der Waals surface area contributed by atoms with Gasteiger partial charge in [-0.05, 0) is 56.2 Å². The van der Waals surface area contributed by atoms with Gasteiger partial charge in [0.1, 0.15) is 11.3 Å².